The van der Waals surface area contributed by atoms with E-state index in [4.69, 9.17) is 4.74 Å². The van der Waals surface area contributed by atoms with Gasteiger partial charge in [0.15, 0.2) is 6.61 Å². The summed E-state index contributed by atoms with van der Waals surface area (Å²) in [6.07, 6.45) is 8.84. The zero-order valence-corrected chi connectivity index (χ0v) is 16.3. The third kappa shape index (κ3) is 3.52. The average molecular weight is 379 g/mol. The second-order valence-electron chi connectivity index (χ2n) is 7.09. The van der Waals surface area contributed by atoms with Crippen LogP contribution in [0.2, 0.25) is 0 Å². The average Bonchev–Trinajstić information content (AvgIpc) is 3.34. The van der Waals surface area contributed by atoms with Gasteiger partial charge in [-0.1, -0.05) is 12.1 Å². The molecule has 0 bridgehead atoms. The Labute approximate surface area is 164 Å². The third-order valence-corrected chi connectivity index (χ3v) is 5.30. The number of hydrogen-bond donors (Lipinski definition) is 0. The summed E-state index contributed by atoms with van der Waals surface area (Å²) in [6.45, 7) is 3.72. The zero-order valence-electron chi connectivity index (χ0n) is 16.3. The summed E-state index contributed by atoms with van der Waals surface area (Å²) in [4.78, 5) is 18.9. The first-order valence-electron chi connectivity index (χ1n) is 9.67. The van der Waals surface area contributed by atoms with Crippen LogP contribution >= 0.6 is 0 Å². The topological polar surface area (TPSA) is 65.2 Å². The number of piperidine rings is 1. The van der Waals surface area contributed by atoms with E-state index >= 15 is 0 Å². The molecule has 0 radical (unpaired) electrons. The number of likely N-dealkylation sites (tertiary alicyclic amines) is 1. The molecule has 7 heteroatoms. The van der Waals surface area contributed by atoms with Gasteiger partial charge in [-0.3, -0.25) is 14.0 Å². The highest BCUT2D eigenvalue weighted by Crippen LogP contribution is 2.31. The van der Waals surface area contributed by atoms with Crippen LogP contribution in [0.15, 0.2) is 42.9 Å². The maximum atomic E-state index is 12.5. The molecule has 0 atom stereocenters. The molecule has 28 heavy (non-hydrogen) atoms. The van der Waals surface area contributed by atoms with Crippen molar-refractivity contribution in [2.75, 3.05) is 19.7 Å². The first-order chi connectivity index (χ1) is 13.6. The fourth-order valence-corrected chi connectivity index (χ4v) is 3.57. The molecular formula is C21H25N5O2. The van der Waals surface area contributed by atoms with Crippen LogP contribution in [0, 0.1) is 6.92 Å². The number of rotatable bonds is 5. The lowest BCUT2D eigenvalue weighted by molar-refractivity contribution is -0.134. The maximum absolute atomic E-state index is 12.5. The van der Waals surface area contributed by atoms with Gasteiger partial charge in [0.2, 0.25) is 0 Å². The molecule has 0 unspecified atom stereocenters. The van der Waals surface area contributed by atoms with Gasteiger partial charge in [0.25, 0.3) is 5.91 Å². The van der Waals surface area contributed by atoms with Crippen molar-refractivity contribution in [1.82, 2.24) is 24.2 Å². The Kier molecular flexibility index (Phi) is 5.14. The van der Waals surface area contributed by atoms with Crippen molar-refractivity contribution in [3.05, 3.63) is 48.5 Å². The molecule has 1 fully saturated rings. The van der Waals surface area contributed by atoms with Crippen molar-refractivity contribution >= 4 is 5.91 Å². The highest BCUT2D eigenvalue weighted by atomic mass is 16.5. The molecule has 4 rings (SSSR count). The Balaban J connectivity index is 1.58. The number of benzene rings is 1. The molecular weight excluding hydrogens is 354 g/mol. The third-order valence-electron chi connectivity index (χ3n) is 5.30. The van der Waals surface area contributed by atoms with E-state index in [1.54, 1.807) is 6.20 Å². The van der Waals surface area contributed by atoms with Crippen LogP contribution in [-0.4, -0.2) is 49.8 Å². The van der Waals surface area contributed by atoms with Crippen molar-refractivity contribution in [3.63, 3.8) is 0 Å². The summed E-state index contributed by atoms with van der Waals surface area (Å²) >= 11 is 0. The quantitative estimate of drug-likeness (QED) is 0.684. The Morgan fingerprint density at radius 3 is 2.71 bits per heavy atom. The molecule has 2 aromatic heterocycles. The van der Waals surface area contributed by atoms with Gasteiger partial charge in [0.05, 0.1) is 23.1 Å². The first kappa shape index (κ1) is 18.3. The molecule has 7 nitrogen and oxygen atoms in total. The second kappa shape index (κ2) is 7.88. The number of imidazole rings is 1. The molecule has 1 aromatic carbocycles. The van der Waals surface area contributed by atoms with E-state index < -0.39 is 0 Å². The summed E-state index contributed by atoms with van der Waals surface area (Å²) in [6, 6.07) is 7.70. The highest BCUT2D eigenvalue weighted by molar-refractivity contribution is 5.78. The van der Waals surface area contributed by atoms with Crippen LogP contribution in [0.5, 0.6) is 5.75 Å². The SMILES string of the molecule is Cc1c(-n2ccnc2-c2ccccc2OCC(=O)N2CCCCC2)cnn1C. The molecule has 146 valence electrons. The van der Waals surface area contributed by atoms with Gasteiger partial charge in [-0.2, -0.15) is 5.10 Å². The number of aromatic nitrogens is 4. The summed E-state index contributed by atoms with van der Waals surface area (Å²) < 4.78 is 9.77. The predicted molar refractivity (Wildman–Crippen MR) is 106 cm³/mol. The lowest BCUT2D eigenvalue weighted by atomic mass is 10.1. The first-order valence-corrected chi connectivity index (χ1v) is 9.67. The Hall–Kier alpha value is -3.09. The number of nitrogens with zero attached hydrogens (tertiary/aromatic N) is 5. The number of carbonyl (C=O) groups excluding carboxylic acids is 1. The van der Waals surface area contributed by atoms with Crippen LogP contribution in [0.1, 0.15) is 25.0 Å². The van der Waals surface area contributed by atoms with Gasteiger partial charge in [-0.05, 0) is 38.3 Å². The van der Waals surface area contributed by atoms with E-state index in [9.17, 15) is 4.79 Å². The fraction of sp³-hybridized carbons (Fsp3) is 0.381. The molecule has 1 amide bonds. The van der Waals surface area contributed by atoms with E-state index in [0.717, 1.165) is 48.7 Å². The number of aryl methyl sites for hydroxylation is 1. The van der Waals surface area contributed by atoms with E-state index in [2.05, 4.69) is 10.1 Å². The molecule has 1 aliphatic heterocycles. The molecule has 1 saturated heterocycles. The lowest BCUT2D eigenvalue weighted by Gasteiger charge is -2.26. The summed E-state index contributed by atoms with van der Waals surface area (Å²) in [7, 11) is 1.92. The van der Waals surface area contributed by atoms with E-state index in [0.29, 0.717) is 5.75 Å². The zero-order chi connectivity index (χ0) is 19.5. The Morgan fingerprint density at radius 1 is 1.18 bits per heavy atom. The van der Waals surface area contributed by atoms with Gasteiger partial charge in [-0.15, -0.1) is 0 Å². The van der Waals surface area contributed by atoms with Crippen molar-refractivity contribution < 1.29 is 9.53 Å². The Morgan fingerprint density at radius 2 is 1.96 bits per heavy atom. The van der Waals surface area contributed by atoms with Gasteiger partial charge in [0, 0.05) is 32.5 Å². The normalized spacial score (nSPS) is 14.3. The Bertz CT molecular complexity index is 969. The number of amides is 1. The smallest absolute Gasteiger partial charge is 0.260 e. The van der Waals surface area contributed by atoms with Crippen LogP contribution < -0.4 is 4.74 Å². The number of hydrogen-bond acceptors (Lipinski definition) is 4. The number of ether oxygens (including phenoxy) is 1. The van der Waals surface area contributed by atoms with Crippen molar-refractivity contribution in [2.24, 2.45) is 7.05 Å². The van der Waals surface area contributed by atoms with E-state index in [-0.39, 0.29) is 12.5 Å². The standard InChI is InChI=1S/C21H25N5O2/c1-16-18(14-23-24(16)2)26-13-10-22-21(26)17-8-4-5-9-19(17)28-15-20(27)25-11-6-3-7-12-25/h4-5,8-10,13-14H,3,6-7,11-12,15H2,1-2H3. The summed E-state index contributed by atoms with van der Waals surface area (Å²) in [5.41, 5.74) is 2.86. The van der Waals surface area contributed by atoms with Crippen LogP contribution in [-0.2, 0) is 11.8 Å². The minimum absolute atomic E-state index is 0.0425. The highest BCUT2D eigenvalue weighted by Gasteiger charge is 2.19. The predicted octanol–water partition coefficient (Wildman–Crippen LogP) is 2.97. The second-order valence-corrected chi connectivity index (χ2v) is 7.09. The van der Waals surface area contributed by atoms with E-state index in [1.807, 2.05) is 64.8 Å². The fourth-order valence-electron chi connectivity index (χ4n) is 3.57. The van der Waals surface area contributed by atoms with Crippen LogP contribution in [0.4, 0.5) is 0 Å². The van der Waals surface area contributed by atoms with Crippen molar-refractivity contribution in [1.29, 1.82) is 0 Å². The number of carbonyl (C=O) groups is 1. The summed E-state index contributed by atoms with van der Waals surface area (Å²) in [5.74, 6) is 1.46. The number of para-hydroxylation sites is 1. The molecule has 1 aliphatic rings. The van der Waals surface area contributed by atoms with Crippen LogP contribution in [0.3, 0.4) is 0 Å². The largest absolute Gasteiger partial charge is 0.483 e. The van der Waals surface area contributed by atoms with Crippen molar-refractivity contribution in [3.8, 4) is 22.8 Å². The molecule has 3 heterocycles. The van der Waals surface area contributed by atoms with Crippen molar-refractivity contribution in [2.45, 2.75) is 26.2 Å². The summed E-state index contributed by atoms with van der Waals surface area (Å²) in [5, 5.41) is 4.33. The molecule has 0 aliphatic carbocycles. The van der Waals surface area contributed by atoms with Gasteiger partial charge in [-0.25, -0.2) is 4.98 Å². The van der Waals surface area contributed by atoms with E-state index in [1.165, 1.54) is 6.42 Å². The molecule has 0 spiro atoms. The van der Waals surface area contributed by atoms with Gasteiger partial charge in [0.1, 0.15) is 11.6 Å². The maximum Gasteiger partial charge on any atom is 0.260 e. The van der Waals surface area contributed by atoms with Gasteiger partial charge < -0.3 is 9.64 Å². The lowest BCUT2D eigenvalue weighted by Crippen LogP contribution is -2.38. The minimum atomic E-state index is 0.0425. The van der Waals surface area contributed by atoms with Crippen LogP contribution in [0.25, 0.3) is 17.1 Å². The minimum Gasteiger partial charge on any atom is -0.483 e. The van der Waals surface area contributed by atoms with Gasteiger partial charge >= 0.3 is 0 Å². The molecule has 3 aromatic rings. The molecule has 0 N–H and O–H groups in total. The molecule has 0 saturated carbocycles. The monoisotopic (exact) mass is 379 g/mol.